The van der Waals surface area contributed by atoms with E-state index in [0.29, 0.717) is 31.9 Å². The number of ether oxygens (including phenoxy) is 1. The van der Waals surface area contributed by atoms with E-state index in [-0.39, 0.29) is 12.5 Å². The summed E-state index contributed by atoms with van der Waals surface area (Å²) < 4.78 is 30.3. The number of carbonyl (C=O) groups is 1. The van der Waals surface area contributed by atoms with Gasteiger partial charge >= 0.3 is 0 Å². The van der Waals surface area contributed by atoms with E-state index in [1.807, 2.05) is 24.3 Å². The number of fused-ring (bicyclic) bond motifs is 3. The van der Waals surface area contributed by atoms with Gasteiger partial charge in [0.25, 0.3) is 5.91 Å². The van der Waals surface area contributed by atoms with Crippen molar-refractivity contribution in [3.05, 3.63) is 35.5 Å². The maximum absolute atomic E-state index is 12.8. The molecule has 0 aliphatic carbocycles. The second kappa shape index (κ2) is 5.85. The average Bonchev–Trinajstić information content (AvgIpc) is 3.05. The molecule has 132 valence electrons. The Hall–Kier alpha value is -2.39. The van der Waals surface area contributed by atoms with E-state index in [2.05, 4.69) is 10.2 Å². The zero-order valence-electron chi connectivity index (χ0n) is 13.7. The number of amides is 1. The van der Waals surface area contributed by atoms with E-state index in [1.54, 1.807) is 4.90 Å². The Balaban J connectivity index is 1.57. The zero-order valence-corrected chi connectivity index (χ0v) is 14.5. The Morgan fingerprint density at radius 1 is 1.20 bits per heavy atom. The summed E-state index contributed by atoms with van der Waals surface area (Å²) in [4.78, 5) is 14.5. The fourth-order valence-electron chi connectivity index (χ4n) is 3.22. The van der Waals surface area contributed by atoms with Gasteiger partial charge in [0.05, 0.1) is 6.26 Å². The van der Waals surface area contributed by atoms with Gasteiger partial charge in [0.1, 0.15) is 23.7 Å². The van der Waals surface area contributed by atoms with E-state index in [1.165, 1.54) is 10.6 Å². The van der Waals surface area contributed by atoms with Crippen molar-refractivity contribution in [2.24, 2.45) is 0 Å². The molecule has 1 saturated heterocycles. The summed E-state index contributed by atoms with van der Waals surface area (Å²) in [6.07, 6.45) is 1.19. The van der Waals surface area contributed by atoms with Crippen LogP contribution in [0, 0.1) is 0 Å². The molecule has 1 aromatic carbocycles. The van der Waals surface area contributed by atoms with Crippen LogP contribution in [0.3, 0.4) is 0 Å². The van der Waals surface area contributed by atoms with Gasteiger partial charge in [-0.05, 0) is 12.1 Å². The van der Waals surface area contributed by atoms with Crippen molar-refractivity contribution in [3.63, 3.8) is 0 Å². The number of rotatable bonds is 2. The minimum absolute atomic E-state index is 0.176. The van der Waals surface area contributed by atoms with E-state index in [4.69, 9.17) is 4.74 Å². The highest BCUT2D eigenvalue weighted by Crippen LogP contribution is 2.37. The van der Waals surface area contributed by atoms with E-state index >= 15 is 0 Å². The molecular formula is C16H18N4O4S. The molecule has 0 saturated carbocycles. The van der Waals surface area contributed by atoms with Gasteiger partial charge in [-0.2, -0.15) is 9.40 Å². The topological polar surface area (TPSA) is 95.6 Å². The van der Waals surface area contributed by atoms with Gasteiger partial charge < -0.3 is 9.64 Å². The van der Waals surface area contributed by atoms with Crippen LogP contribution in [0.1, 0.15) is 16.1 Å². The first-order chi connectivity index (χ1) is 11.9. The minimum atomic E-state index is -3.22. The number of nitrogens with one attached hydrogen (secondary N) is 1. The molecule has 2 aliphatic rings. The molecule has 0 bridgehead atoms. The van der Waals surface area contributed by atoms with Crippen LogP contribution in [0.25, 0.3) is 11.3 Å². The van der Waals surface area contributed by atoms with Gasteiger partial charge in [-0.25, -0.2) is 8.42 Å². The fourth-order valence-corrected chi connectivity index (χ4v) is 4.05. The standard InChI is InChI=1S/C16H18N4O4S/c1-25(22,23)20-8-6-19(7-9-20)16(21)15-12-10-24-13-5-3-2-4-11(13)14(12)17-18-15/h2-5H,6-10H2,1H3,(H,17,18). The molecule has 25 heavy (non-hydrogen) atoms. The van der Waals surface area contributed by atoms with E-state index in [9.17, 15) is 13.2 Å². The highest BCUT2D eigenvalue weighted by atomic mass is 32.2. The molecule has 3 heterocycles. The van der Waals surface area contributed by atoms with Crippen LogP contribution >= 0.6 is 0 Å². The van der Waals surface area contributed by atoms with Crippen LogP contribution in [0.5, 0.6) is 5.75 Å². The van der Waals surface area contributed by atoms with Gasteiger partial charge in [0, 0.05) is 37.3 Å². The van der Waals surface area contributed by atoms with Crippen molar-refractivity contribution in [2.75, 3.05) is 32.4 Å². The largest absolute Gasteiger partial charge is 0.488 e. The predicted molar refractivity (Wildman–Crippen MR) is 90.7 cm³/mol. The predicted octanol–water partition coefficient (Wildman–Crippen LogP) is 0.686. The Bertz CT molecular complexity index is 929. The smallest absolute Gasteiger partial charge is 0.272 e. The molecule has 0 spiro atoms. The number of aromatic nitrogens is 2. The molecule has 9 heteroatoms. The fraction of sp³-hybridized carbons (Fsp3) is 0.375. The van der Waals surface area contributed by atoms with Crippen molar-refractivity contribution >= 4 is 15.9 Å². The number of benzene rings is 1. The van der Waals surface area contributed by atoms with Crippen LogP contribution in [0.15, 0.2) is 24.3 Å². The second-order valence-corrected chi connectivity index (χ2v) is 8.15. The Morgan fingerprint density at radius 3 is 2.64 bits per heavy atom. The van der Waals surface area contributed by atoms with Gasteiger partial charge in [0.2, 0.25) is 10.0 Å². The molecule has 0 radical (unpaired) electrons. The number of hydrogen-bond donors (Lipinski definition) is 1. The lowest BCUT2D eigenvalue weighted by Gasteiger charge is -2.33. The van der Waals surface area contributed by atoms with Crippen molar-refractivity contribution in [1.29, 1.82) is 0 Å². The lowest BCUT2D eigenvalue weighted by atomic mass is 10.0. The van der Waals surface area contributed by atoms with Gasteiger partial charge in [-0.3, -0.25) is 9.89 Å². The van der Waals surface area contributed by atoms with Crippen molar-refractivity contribution < 1.29 is 17.9 Å². The normalized spacial score (nSPS) is 17.6. The molecule has 1 fully saturated rings. The van der Waals surface area contributed by atoms with Gasteiger partial charge in [-0.1, -0.05) is 12.1 Å². The quantitative estimate of drug-likeness (QED) is 0.848. The molecule has 0 unspecified atom stereocenters. The zero-order chi connectivity index (χ0) is 17.6. The molecule has 0 atom stereocenters. The first-order valence-electron chi connectivity index (χ1n) is 7.99. The third kappa shape index (κ3) is 2.79. The molecule has 2 aliphatic heterocycles. The van der Waals surface area contributed by atoms with E-state index in [0.717, 1.165) is 22.6 Å². The van der Waals surface area contributed by atoms with E-state index < -0.39 is 10.0 Å². The van der Waals surface area contributed by atoms with Crippen LogP contribution in [0.4, 0.5) is 0 Å². The summed E-state index contributed by atoms with van der Waals surface area (Å²) in [6, 6.07) is 7.58. The summed E-state index contributed by atoms with van der Waals surface area (Å²) in [5.41, 5.74) is 2.76. The summed E-state index contributed by atoms with van der Waals surface area (Å²) in [6.45, 7) is 1.61. The van der Waals surface area contributed by atoms with Crippen LogP contribution in [0.2, 0.25) is 0 Å². The first-order valence-corrected chi connectivity index (χ1v) is 9.84. The number of para-hydroxylation sites is 1. The minimum Gasteiger partial charge on any atom is -0.488 e. The summed E-state index contributed by atoms with van der Waals surface area (Å²) in [7, 11) is -3.22. The Morgan fingerprint density at radius 2 is 1.92 bits per heavy atom. The number of sulfonamides is 1. The van der Waals surface area contributed by atoms with Crippen molar-refractivity contribution in [2.45, 2.75) is 6.61 Å². The maximum atomic E-state index is 12.8. The number of piperazine rings is 1. The average molecular weight is 362 g/mol. The van der Waals surface area contributed by atoms with Crippen LogP contribution in [-0.2, 0) is 16.6 Å². The van der Waals surface area contributed by atoms with Gasteiger partial charge in [-0.15, -0.1) is 0 Å². The lowest BCUT2D eigenvalue weighted by molar-refractivity contribution is 0.0689. The molecule has 2 aromatic rings. The molecule has 8 nitrogen and oxygen atoms in total. The van der Waals surface area contributed by atoms with Crippen molar-refractivity contribution in [1.82, 2.24) is 19.4 Å². The molecule has 1 aromatic heterocycles. The Labute approximate surface area is 145 Å². The summed E-state index contributed by atoms with van der Waals surface area (Å²) in [5, 5.41) is 7.15. The number of H-pyrrole nitrogens is 1. The monoisotopic (exact) mass is 362 g/mol. The Kier molecular flexibility index (Phi) is 3.77. The lowest BCUT2D eigenvalue weighted by Crippen LogP contribution is -2.50. The summed E-state index contributed by atoms with van der Waals surface area (Å²) in [5.74, 6) is 0.576. The molecule has 4 rings (SSSR count). The summed E-state index contributed by atoms with van der Waals surface area (Å²) >= 11 is 0. The molecule has 1 N–H and O–H groups in total. The number of nitrogens with zero attached hydrogens (tertiary/aromatic N) is 3. The maximum Gasteiger partial charge on any atom is 0.272 e. The highest BCUT2D eigenvalue weighted by Gasteiger charge is 2.31. The number of carbonyl (C=O) groups excluding carboxylic acids is 1. The molecular weight excluding hydrogens is 344 g/mol. The highest BCUT2D eigenvalue weighted by molar-refractivity contribution is 7.88. The number of hydrogen-bond acceptors (Lipinski definition) is 5. The molecule has 1 amide bonds. The van der Waals surface area contributed by atoms with Gasteiger partial charge in [0.15, 0.2) is 0 Å². The number of aromatic amines is 1. The van der Waals surface area contributed by atoms with Crippen LogP contribution in [-0.4, -0.2) is 66.2 Å². The van der Waals surface area contributed by atoms with Crippen LogP contribution < -0.4 is 4.74 Å². The SMILES string of the molecule is CS(=O)(=O)N1CCN(C(=O)c2[nH]nc3c2COc2ccccc2-3)CC1. The second-order valence-electron chi connectivity index (χ2n) is 6.16. The third-order valence-electron chi connectivity index (χ3n) is 4.59. The first kappa shape index (κ1) is 16.1. The third-order valence-corrected chi connectivity index (χ3v) is 5.89. The van der Waals surface area contributed by atoms with Crippen molar-refractivity contribution in [3.8, 4) is 17.0 Å².